The molecule has 8 heteroatoms. The number of amides is 2. The van der Waals surface area contributed by atoms with Gasteiger partial charge >= 0.3 is 12.0 Å². The average Bonchev–Trinajstić information content (AvgIpc) is 2.86. The van der Waals surface area contributed by atoms with E-state index in [4.69, 9.17) is 5.11 Å². The molecule has 7 nitrogen and oxygen atoms in total. The maximum atomic E-state index is 13.8. The van der Waals surface area contributed by atoms with Crippen molar-refractivity contribution < 1.29 is 19.1 Å². The number of halogens is 1. The molecule has 2 amide bonds. The van der Waals surface area contributed by atoms with E-state index in [0.29, 0.717) is 11.4 Å². The summed E-state index contributed by atoms with van der Waals surface area (Å²) in [6, 6.07) is 5.73. The second kappa shape index (κ2) is 6.91. The van der Waals surface area contributed by atoms with Crippen LogP contribution in [-0.4, -0.2) is 45.4 Å². The van der Waals surface area contributed by atoms with Gasteiger partial charge in [-0.2, -0.15) is 5.10 Å². The second-order valence-electron chi connectivity index (χ2n) is 5.00. The van der Waals surface area contributed by atoms with E-state index in [1.807, 2.05) is 0 Å². The van der Waals surface area contributed by atoms with Gasteiger partial charge in [0.1, 0.15) is 11.5 Å². The van der Waals surface area contributed by atoms with Crippen LogP contribution in [0.4, 0.5) is 14.9 Å². The van der Waals surface area contributed by atoms with E-state index in [0.717, 1.165) is 0 Å². The number of urea groups is 1. The highest BCUT2D eigenvalue weighted by molar-refractivity contribution is 5.89. The van der Waals surface area contributed by atoms with Crippen LogP contribution in [0, 0.1) is 12.7 Å². The van der Waals surface area contributed by atoms with Crippen molar-refractivity contribution in [2.75, 3.05) is 18.9 Å². The van der Waals surface area contributed by atoms with E-state index in [9.17, 15) is 14.0 Å². The first-order valence-corrected chi connectivity index (χ1v) is 6.93. The lowest BCUT2D eigenvalue weighted by Crippen LogP contribution is -2.33. The number of carboxylic acids is 1. The van der Waals surface area contributed by atoms with E-state index < -0.39 is 17.8 Å². The number of carbonyl (C=O) groups excluding carboxylic acids is 1. The molecule has 122 valence electrons. The van der Waals surface area contributed by atoms with Crippen molar-refractivity contribution >= 4 is 17.7 Å². The molecule has 1 aromatic carbocycles. The number of nitrogens with one attached hydrogen (secondary N) is 1. The highest BCUT2D eigenvalue weighted by atomic mass is 19.1. The second-order valence-corrected chi connectivity index (χ2v) is 5.00. The van der Waals surface area contributed by atoms with Crippen molar-refractivity contribution in [3.8, 4) is 5.69 Å². The van der Waals surface area contributed by atoms with Gasteiger partial charge in [-0.15, -0.1) is 0 Å². The number of aromatic nitrogens is 2. The number of carbonyl (C=O) groups is 2. The molecule has 1 heterocycles. The number of hydrogen-bond acceptors (Lipinski definition) is 3. The van der Waals surface area contributed by atoms with Crippen LogP contribution in [-0.2, 0) is 4.79 Å². The van der Waals surface area contributed by atoms with Crippen LogP contribution in [0.5, 0.6) is 0 Å². The van der Waals surface area contributed by atoms with E-state index in [-0.39, 0.29) is 18.7 Å². The van der Waals surface area contributed by atoms with Crippen molar-refractivity contribution in [3.05, 3.63) is 42.0 Å². The van der Waals surface area contributed by atoms with Gasteiger partial charge < -0.3 is 15.3 Å². The Morgan fingerprint density at radius 3 is 2.74 bits per heavy atom. The normalized spacial score (nSPS) is 10.4. The largest absolute Gasteiger partial charge is 0.481 e. The number of benzene rings is 1. The zero-order chi connectivity index (χ0) is 17.0. The molecule has 2 N–H and O–H groups in total. The lowest BCUT2D eigenvalue weighted by Gasteiger charge is -2.16. The smallest absolute Gasteiger partial charge is 0.321 e. The minimum absolute atomic E-state index is 0.0850. The molecule has 23 heavy (non-hydrogen) atoms. The number of para-hydroxylation sites is 1. The van der Waals surface area contributed by atoms with Crippen LogP contribution in [0.25, 0.3) is 5.69 Å². The third-order valence-electron chi connectivity index (χ3n) is 3.34. The quantitative estimate of drug-likeness (QED) is 0.884. The van der Waals surface area contributed by atoms with Crippen LogP contribution < -0.4 is 5.32 Å². The lowest BCUT2D eigenvalue weighted by atomic mass is 10.3. The highest BCUT2D eigenvalue weighted by Crippen LogP contribution is 2.20. The van der Waals surface area contributed by atoms with E-state index in [1.165, 1.54) is 28.9 Å². The third-order valence-corrected chi connectivity index (χ3v) is 3.34. The first-order chi connectivity index (χ1) is 10.9. The topological polar surface area (TPSA) is 87.5 Å². The summed E-state index contributed by atoms with van der Waals surface area (Å²) in [5.74, 6) is -1.40. The van der Waals surface area contributed by atoms with Gasteiger partial charge in [0.05, 0.1) is 24.0 Å². The molecule has 0 atom stereocenters. The SMILES string of the molecule is Cc1c(NC(=O)N(C)CCC(=O)O)cnn1-c1ccccc1F. The molecule has 2 aromatic rings. The molecule has 0 saturated heterocycles. The predicted octanol–water partition coefficient (Wildman–Crippen LogP) is 2.26. The number of carboxylic acid groups (broad SMARTS) is 1. The Labute approximate surface area is 132 Å². The van der Waals surface area contributed by atoms with Crippen LogP contribution in [0.2, 0.25) is 0 Å². The van der Waals surface area contributed by atoms with Crippen molar-refractivity contribution in [1.82, 2.24) is 14.7 Å². The zero-order valence-electron chi connectivity index (χ0n) is 12.8. The summed E-state index contributed by atoms with van der Waals surface area (Å²) in [5, 5.41) is 15.3. The number of hydrogen-bond donors (Lipinski definition) is 2. The Hall–Kier alpha value is -2.90. The highest BCUT2D eigenvalue weighted by Gasteiger charge is 2.15. The Morgan fingerprint density at radius 1 is 1.39 bits per heavy atom. The fourth-order valence-corrected chi connectivity index (χ4v) is 1.97. The molecule has 0 radical (unpaired) electrons. The molecule has 0 aliphatic heterocycles. The molecule has 0 unspecified atom stereocenters. The van der Waals surface area contributed by atoms with Crippen molar-refractivity contribution in [2.24, 2.45) is 0 Å². The first-order valence-electron chi connectivity index (χ1n) is 6.93. The molecule has 0 spiro atoms. The molecular weight excluding hydrogens is 303 g/mol. The first kappa shape index (κ1) is 16.5. The maximum absolute atomic E-state index is 13.8. The summed E-state index contributed by atoms with van der Waals surface area (Å²) in [6.45, 7) is 1.79. The van der Waals surface area contributed by atoms with E-state index in [2.05, 4.69) is 10.4 Å². The van der Waals surface area contributed by atoms with Gasteiger partial charge in [-0.1, -0.05) is 12.1 Å². The summed E-state index contributed by atoms with van der Waals surface area (Å²) < 4.78 is 15.2. The van der Waals surface area contributed by atoms with Gasteiger partial charge in [0.25, 0.3) is 0 Å². The van der Waals surface area contributed by atoms with Crippen molar-refractivity contribution in [3.63, 3.8) is 0 Å². The van der Waals surface area contributed by atoms with Gasteiger partial charge in [-0.05, 0) is 19.1 Å². The standard InChI is InChI=1S/C15H17FN4O3/c1-10-12(18-15(23)19(2)8-7-14(21)22)9-17-20(10)13-6-4-3-5-11(13)16/h3-6,9H,7-8H2,1-2H3,(H,18,23)(H,21,22). The minimum atomic E-state index is -0.979. The molecule has 0 saturated carbocycles. The van der Waals surface area contributed by atoms with Gasteiger partial charge in [0, 0.05) is 13.6 Å². The minimum Gasteiger partial charge on any atom is -0.481 e. The van der Waals surface area contributed by atoms with Gasteiger partial charge in [-0.3, -0.25) is 4.79 Å². The van der Waals surface area contributed by atoms with Gasteiger partial charge in [0.2, 0.25) is 0 Å². The van der Waals surface area contributed by atoms with Crippen molar-refractivity contribution in [2.45, 2.75) is 13.3 Å². The van der Waals surface area contributed by atoms with Crippen LogP contribution >= 0.6 is 0 Å². The van der Waals surface area contributed by atoms with E-state index in [1.54, 1.807) is 25.1 Å². The Balaban J connectivity index is 2.12. The molecule has 0 bridgehead atoms. The Bertz CT molecular complexity index is 729. The Kier molecular flexibility index (Phi) is 4.95. The molecule has 0 aliphatic rings. The molecular formula is C15H17FN4O3. The van der Waals surface area contributed by atoms with Gasteiger partial charge in [0.15, 0.2) is 0 Å². The Morgan fingerprint density at radius 2 is 2.09 bits per heavy atom. The molecule has 2 rings (SSSR count). The predicted molar refractivity (Wildman–Crippen MR) is 82.2 cm³/mol. The summed E-state index contributed by atoms with van der Waals surface area (Å²) in [5.41, 5.74) is 1.28. The van der Waals surface area contributed by atoms with Crippen LogP contribution in [0.3, 0.4) is 0 Å². The summed E-state index contributed by atoms with van der Waals surface area (Å²) >= 11 is 0. The zero-order valence-corrected chi connectivity index (χ0v) is 12.8. The number of nitrogens with zero attached hydrogens (tertiary/aromatic N) is 3. The molecule has 1 aromatic heterocycles. The maximum Gasteiger partial charge on any atom is 0.321 e. The third kappa shape index (κ3) is 3.85. The number of anilines is 1. The fraction of sp³-hybridized carbons (Fsp3) is 0.267. The molecule has 0 fully saturated rings. The van der Waals surface area contributed by atoms with E-state index >= 15 is 0 Å². The monoisotopic (exact) mass is 320 g/mol. The fourth-order valence-electron chi connectivity index (χ4n) is 1.97. The summed E-state index contributed by atoms with van der Waals surface area (Å²) in [6.07, 6.45) is 1.28. The number of aliphatic carboxylic acids is 1. The molecule has 0 aliphatic carbocycles. The van der Waals surface area contributed by atoms with Gasteiger partial charge in [-0.25, -0.2) is 13.9 Å². The van der Waals surface area contributed by atoms with Crippen molar-refractivity contribution in [1.29, 1.82) is 0 Å². The summed E-state index contributed by atoms with van der Waals surface area (Å²) in [7, 11) is 1.49. The number of rotatable bonds is 5. The average molecular weight is 320 g/mol. The summed E-state index contributed by atoms with van der Waals surface area (Å²) in [4.78, 5) is 23.8. The lowest BCUT2D eigenvalue weighted by molar-refractivity contribution is -0.137. The van der Waals surface area contributed by atoms with Crippen LogP contribution in [0.1, 0.15) is 12.1 Å². The van der Waals surface area contributed by atoms with Crippen LogP contribution in [0.15, 0.2) is 30.5 Å².